The molecule has 9 heteroatoms. The van der Waals surface area contributed by atoms with Crippen LogP contribution in [-0.4, -0.2) is 35.0 Å². The van der Waals surface area contributed by atoms with Crippen LogP contribution >= 0.6 is 15.9 Å². The molecule has 0 atom stereocenters. The van der Waals surface area contributed by atoms with Crippen molar-refractivity contribution in [2.45, 2.75) is 6.92 Å². The number of amides is 1. The van der Waals surface area contributed by atoms with E-state index in [9.17, 15) is 9.59 Å². The Morgan fingerprint density at radius 3 is 2.59 bits per heavy atom. The van der Waals surface area contributed by atoms with Gasteiger partial charge in [0.15, 0.2) is 23.9 Å². The van der Waals surface area contributed by atoms with Crippen molar-refractivity contribution < 1.29 is 14.3 Å². The number of halogens is 1. The predicted octanol–water partition coefficient (Wildman–Crippen LogP) is 3.97. The first kappa shape index (κ1) is 23.2. The van der Waals surface area contributed by atoms with Gasteiger partial charge in [-0.1, -0.05) is 42.5 Å². The second-order valence-electron chi connectivity index (χ2n) is 7.20. The number of primary amides is 1. The van der Waals surface area contributed by atoms with Crippen LogP contribution < -0.4 is 20.8 Å². The summed E-state index contributed by atoms with van der Waals surface area (Å²) in [5.74, 6) is 0.585. The Balaban J connectivity index is 1.81. The Hall–Kier alpha value is -3.98. The van der Waals surface area contributed by atoms with Crippen molar-refractivity contribution in [2.24, 2.45) is 10.8 Å². The molecule has 4 aromatic rings. The highest BCUT2D eigenvalue weighted by Crippen LogP contribution is 2.36. The number of ether oxygens (including phenoxy) is 2. The van der Waals surface area contributed by atoms with E-state index < -0.39 is 5.91 Å². The highest BCUT2D eigenvalue weighted by molar-refractivity contribution is 9.10. The third kappa shape index (κ3) is 4.99. The Bertz CT molecular complexity index is 1430. The molecule has 0 bridgehead atoms. The zero-order chi connectivity index (χ0) is 24.1. The number of para-hydroxylation sites is 1. The molecule has 0 aliphatic heterocycles. The minimum Gasteiger partial charge on any atom is -0.490 e. The van der Waals surface area contributed by atoms with Gasteiger partial charge in [0, 0.05) is 5.56 Å². The van der Waals surface area contributed by atoms with E-state index in [2.05, 4.69) is 26.0 Å². The molecule has 8 nitrogen and oxygen atoms in total. The van der Waals surface area contributed by atoms with Crippen LogP contribution in [0.1, 0.15) is 12.5 Å². The fourth-order valence-corrected chi connectivity index (χ4v) is 3.91. The largest absolute Gasteiger partial charge is 0.490 e. The van der Waals surface area contributed by atoms with Crippen molar-refractivity contribution in [2.75, 3.05) is 13.2 Å². The molecule has 0 aliphatic carbocycles. The number of benzene rings is 3. The van der Waals surface area contributed by atoms with Gasteiger partial charge in [0.1, 0.15) is 0 Å². The molecule has 0 saturated carbocycles. The van der Waals surface area contributed by atoms with Gasteiger partial charge in [-0.3, -0.25) is 9.59 Å². The van der Waals surface area contributed by atoms with Crippen molar-refractivity contribution in [3.63, 3.8) is 0 Å². The molecule has 0 spiro atoms. The lowest BCUT2D eigenvalue weighted by Gasteiger charge is -2.14. The van der Waals surface area contributed by atoms with Crippen LogP contribution in [0.2, 0.25) is 0 Å². The van der Waals surface area contributed by atoms with Crippen LogP contribution in [-0.2, 0) is 4.79 Å². The van der Waals surface area contributed by atoms with E-state index in [0.717, 1.165) is 5.56 Å². The second kappa shape index (κ2) is 10.3. The Morgan fingerprint density at radius 1 is 1.12 bits per heavy atom. The summed E-state index contributed by atoms with van der Waals surface area (Å²) in [6.07, 6.45) is 1.54. The van der Waals surface area contributed by atoms with Crippen molar-refractivity contribution in [1.29, 1.82) is 0 Å². The topological polar surface area (TPSA) is 109 Å². The fourth-order valence-electron chi connectivity index (χ4n) is 3.34. The second-order valence-corrected chi connectivity index (χ2v) is 8.05. The van der Waals surface area contributed by atoms with Gasteiger partial charge in [0.25, 0.3) is 11.5 Å². The van der Waals surface area contributed by atoms with Gasteiger partial charge < -0.3 is 15.2 Å². The number of carbonyl (C=O) groups is 1. The lowest BCUT2D eigenvalue weighted by Crippen LogP contribution is -2.20. The minimum atomic E-state index is -0.600. The summed E-state index contributed by atoms with van der Waals surface area (Å²) in [7, 11) is 0. The molecule has 0 unspecified atom stereocenters. The fraction of sp³-hybridized carbons (Fsp3) is 0.120. The number of rotatable bonds is 8. The highest BCUT2D eigenvalue weighted by atomic mass is 79.9. The molecule has 1 amide bonds. The smallest absolute Gasteiger partial charge is 0.282 e. The molecule has 172 valence electrons. The molecule has 0 saturated heterocycles. The molecule has 1 heterocycles. The number of hydrogen-bond acceptors (Lipinski definition) is 6. The van der Waals surface area contributed by atoms with E-state index in [1.54, 1.807) is 30.3 Å². The summed E-state index contributed by atoms with van der Waals surface area (Å²) in [5.41, 5.74) is 6.90. The van der Waals surface area contributed by atoms with Gasteiger partial charge in [-0.15, -0.1) is 0 Å². The Morgan fingerprint density at radius 2 is 1.85 bits per heavy atom. The molecule has 0 radical (unpaired) electrons. The van der Waals surface area contributed by atoms with Crippen molar-refractivity contribution in [3.8, 4) is 22.9 Å². The first-order valence-electron chi connectivity index (χ1n) is 10.5. The van der Waals surface area contributed by atoms with Gasteiger partial charge >= 0.3 is 0 Å². The lowest BCUT2D eigenvalue weighted by molar-refractivity contribution is -0.119. The van der Waals surface area contributed by atoms with Crippen LogP contribution in [0.4, 0.5) is 0 Å². The van der Waals surface area contributed by atoms with Gasteiger partial charge in [-0.2, -0.15) is 9.78 Å². The lowest BCUT2D eigenvalue weighted by atomic mass is 10.2. The van der Waals surface area contributed by atoms with Crippen LogP contribution in [0.3, 0.4) is 0 Å². The summed E-state index contributed by atoms with van der Waals surface area (Å²) in [5, 5.41) is 4.94. The standard InChI is InChI=1S/C25H21BrN4O4/c1-2-33-21-13-16(12-19(26)23(21)34-15-22(27)31)14-28-30-24(17-8-4-3-5-9-17)29-20-11-7-6-10-18(20)25(30)32/h3-14H,2,15H2,1H3,(H2,27,31). The predicted molar refractivity (Wildman–Crippen MR) is 134 cm³/mol. The van der Waals surface area contributed by atoms with E-state index in [-0.39, 0.29) is 12.2 Å². The SMILES string of the molecule is CCOc1cc(C=Nn2c(-c3ccccc3)nc3ccccc3c2=O)cc(Br)c1OCC(N)=O. The first-order chi connectivity index (χ1) is 16.5. The van der Waals surface area contributed by atoms with Gasteiger partial charge in [-0.25, -0.2) is 4.98 Å². The average Bonchev–Trinajstić information content (AvgIpc) is 2.83. The summed E-state index contributed by atoms with van der Waals surface area (Å²) >= 11 is 3.44. The monoisotopic (exact) mass is 520 g/mol. The Labute approximate surface area is 203 Å². The minimum absolute atomic E-state index is 0.286. The number of hydrogen-bond donors (Lipinski definition) is 1. The van der Waals surface area contributed by atoms with Crippen LogP contribution in [0.25, 0.3) is 22.3 Å². The van der Waals surface area contributed by atoms with Crippen molar-refractivity contribution >= 4 is 39.0 Å². The van der Waals surface area contributed by atoms with E-state index in [1.807, 2.05) is 43.3 Å². The third-order valence-electron chi connectivity index (χ3n) is 4.80. The summed E-state index contributed by atoms with van der Waals surface area (Å²) < 4.78 is 13.0. The number of nitrogens with zero attached hydrogens (tertiary/aromatic N) is 3. The molecular weight excluding hydrogens is 500 g/mol. The summed E-state index contributed by atoms with van der Waals surface area (Å²) in [6, 6.07) is 20.0. The molecular formula is C25H21BrN4O4. The zero-order valence-corrected chi connectivity index (χ0v) is 19.9. The first-order valence-corrected chi connectivity index (χ1v) is 11.3. The zero-order valence-electron chi connectivity index (χ0n) is 18.3. The maximum absolute atomic E-state index is 13.3. The summed E-state index contributed by atoms with van der Waals surface area (Å²) in [6.45, 7) is 1.93. The molecule has 34 heavy (non-hydrogen) atoms. The number of aromatic nitrogens is 2. The van der Waals surface area contributed by atoms with Crippen LogP contribution in [0.5, 0.6) is 11.5 Å². The highest BCUT2D eigenvalue weighted by Gasteiger charge is 2.14. The average molecular weight is 521 g/mol. The van der Waals surface area contributed by atoms with Crippen molar-refractivity contribution in [1.82, 2.24) is 9.66 Å². The quantitative estimate of drug-likeness (QED) is 0.353. The number of fused-ring (bicyclic) bond motifs is 1. The third-order valence-corrected chi connectivity index (χ3v) is 5.39. The van der Waals surface area contributed by atoms with E-state index in [1.165, 1.54) is 10.9 Å². The van der Waals surface area contributed by atoms with Crippen LogP contribution in [0.15, 0.2) is 81.1 Å². The molecule has 1 aromatic heterocycles. The number of nitrogens with two attached hydrogens (primary N) is 1. The van der Waals surface area contributed by atoms with E-state index in [0.29, 0.717) is 44.9 Å². The number of carbonyl (C=O) groups excluding carboxylic acids is 1. The maximum Gasteiger partial charge on any atom is 0.282 e. The normalized spacial score (nSPS) is 11.1. The maximum atomic E-state index is 13.3. The van der Waals surface area contributed by atoms with Gasteiger partial charge in [-0.05, 0) is 52.7 Å². The van der Waals surface area contributed by atoms with Gasteiger partial charge in [0.05, 0.1) is 28.2 Å². The molecule has 4 rings (SSSR count). The molecule has 2 N–H and O–H groups in total. The summed E-state index contributed by atoms with van der Waals surface area (Å²) in [4.78, 5) is 29.1. The van der Waals surface area contributed by atoms with Crippen molar-refractivity contribution in [3.05, 3.63) is 87.1 Å². The van der Waals surface area contributed by atoms with Gasteiger partial charge in [0.2, 0.25) is 0 Å². The van der Waals surface area contributed by atoms with E-state index >= 15 is 0 Å². The van der Waals surface area contributed by atoms with Crippen LogP contribution in [0, 0.1) is 0 Å². The van der Waals surface area contributed by atoms with E-state index in [4.69, 9.17) is 15.2 Å². The molecule has 3 aromatic carbocycles. The molecule has 0 fully saturated rings. The Kier molecular flexibility index (Phi) is 7.03. The molecule has 0 aliphatic rings.